The molecule has 0 radical (unpaired) electrons. The Morgan fingerprint density at radius 1 is 1.11 bits per heavy atom. The Labute approximate surface area is 119 Å². The van der Waals surface area contributed by atoms with Gasteiger partial charge in [0.2, 0.25) is 0 Å². The second-order valence-corrected chi connectivity index (χ2v) is 5.81. The lowest BCUT2D eigenvalue weighted by Crippen LogP contribution is -2.01. The SMILES string of the molecule is Cc1ccc(C)c(-c2nc(Cl)cc(CC(C)C)n2)c1. The van der Waals surface area contributed by atoms with Crippen LogP contribution in [0.5, 0.6) is 0 Å². The summed E-state index contributed by atoms with van der Waals surface area (Å²) in [5.41, 5.74) is 4.44. The van der Waals surface area contributed by atoms with Crippen molar-refractivity contribution in [2.45, 2.75) is 34.1 Å². The highest BCUT2D eigenvalue weighted by Gasteiger charge is 2.09. The first-order chi connectivity index (χ1) is 8.95. The summed E-state index contributed by atoms with van der Waals surface area (Å²) in [4.78, 5) is 9.02. The van der Waals surface area contributed by atoms with Crippen LogP contribution in [-0.2, 0) is 6.42 Å². The third kappa shape index (κ3) is 3.54. The molecule has 2 nitrogen and oxygen atoms in total. The number of hydrogen-bond acceptors (Lipinski definition) is 2. The quantitative estimate of drug-likeness (QED) is 0.764. The van der Waals surface area contributed by atoms with E-state index in [9.17, 15) is 0 Å². The number of nitrogens with zero attached hydrogens (tertiary/aromatic N) is 2. The molecule has 0 saturated carbocycles. The van der Waals surface area contributed by atoms with Gasteiger partial charge in [-0.3, -0.25) is 0 Å². The van der Waals surface area contributed by atoms with Crippen molar-refractivity contribution in [3.63, 3.8) is 0 Å². The van der Waals surface area contributed by atoms with Gasteiger partial charge in [0.25, 0.3) is 0 Å². The van der Waals surface area contributed by atoms with Crippen LogP contribution in [-0.4, -0.2) is 9.97 Å². The second kappa shape index (κ2) is 5.70. The summed E-state index contributed by atoms with van der Waals surface area (Å²) in [5, 5.41) is 0.515. The lowest BCUT2D eigenvalue weighted by molar-refractivity contribution is 0.634. The molecule has 0 aliphatic rings. The topological polar surface area (TPSA) is 25.8 Å². The third-order valence-electron chi connectivity index (χ3n) is 3.00. The highest BCUT2D eigenvalue weighted by molar-refractivity contribution is 6.29. The second-order valence-electron chi connectivity index (χ2n) is 5.42. The van der Waals surface area contributed by atoms with Gasteiger partial charge in [-0.25, -0.2) is 9.97 Å². The maximum Gasteiger partial charge on any atom is 0.161 e. The van der Waals surface area contributed by atoms with Crippen LogP contribution >= 0.6 is 11.6 Å². The fraction of sp³-hybridized carbons (Fsp3) is 0.375. The lowest BCUT2D eigenvalue weighted by atomic mass is 10.0. The maximum atomic E-state index is 6.12. The van der Waals surface area contributed by atoms with Gasteiger partial charge < -0.3 is 0 Å². The van der Waals surface area contributed by atoms with Crippen molar-refractivity contribution >= 4 is 11.6 Å². The Balaban J connectivity index is 2.49. The van der Waals surface area contributed by atoms with Gasteiger partial charge in [-0.15, -0.1) is 0 Å². The molecule has 0 fully saturated rings. The van der Waals surface area contributed by atoms with E-state index >= 15 is 0 Å². The number of hydrogen-bond donors (Lipinski definition) is 0. The minimum atomic E-state index is 0.515. The number of aryl methyl sites for hydroxylation is 2. The fourth-order valence-electron chi connectivity index (χ4n) is 2.08. The molecule has 2 aromatic rings. The van der Waals surface area contributed by atoms with Crippen molar-refractivity contribution in [2.24, 2.45) is 5.92 Å². The molecule has 0 aliphatic heterocycles. The molecule has 0 unspecified atom stereocenters. The van der Waals surface area contributed by atoms with Crippen LogP contribution in [0.1, 0.15) is 30.7 Å². The van der Waals surface area contributed by atoms with Gasteiger partial charge in [0.15, 0.2) is 5.82 Å². The first kappa shape index (κ1) is 14.0. The molecule has 0 saturated heterocycles. The smallest absolute Gasteiger partial charge is 0.161 e. The molecular weight excluding hydrogens is 256 g/mol. The molecule has 1 aromatic carbocycles. The van der Waals surface area contributed by atoms with Crippen molar-refractivity contribution in [2.75, 3.05) is 0 Å². The van der Waals surface area contributed by atoms with Gasteiger partial charge in [0.1, 0.15) is 5.15 Å². The zero-order valence-electron chi connectivity index (χ0n) is 11.9. The van der Waals surface area contributed by atoms with E-state index in [-0.39, 0.29) is 0 Å². The van der Waals surface area contributed by atoms with E-state index in [0.717, 1.165) is 23.5 Å². The molecule has 1 heterocycles. The maximum absolute atomic E-state index is 6.12. The molecular formula is C16H19ClN2. The van der Waals surface area contributed by atoms with Crippen LogP contribution in [0, 0.1) is 19.8 Å². The summed E-state index contributed by atoms with van der Waals surface area (Å²) in [6.45, 7) is 8.49. The van der Waals surface area contributed by atoms with E-state index in [2.05, 4.69) is 55.9 Å². The minimum absolute atomic E-state index is 0.515. The van der Waals surface area contributed by atoms with Crippen LogP contribution in [0.25, 0.3) is 11.4 Å². The zero-order valence-corrected chi connectivity index (χ0v) is 12.6. The molecule has 0 spiro atoms. The van der Waals surface area contributed by atoms with Crippen molar-refractivity contribution in [3.8, 4) is 11.4 Å². The molecule has 19 heavy (non-hydrogen) atoms. The van der Waals surface area contributed by atoms with Crippen LogP contribution in [0.3, 0.4) is 0 Å². The normalized spacial score (nSPS) is 11.1. The Morgan fingerprint density at radius 3 is 2.53 bits per heavy atom. The first-order valence-electron chi connectivity index (χ1n) is 6.57. The average molecular weight is 275 g/mol. The van der Waals surface area contributed by atoms with E-state index in [0.29, 0.717) is 11.1 Å². The van der Waals surface area contributed by atoms with Crippen LogP contribution in [0.15, 0.2) is 24.3 Å². The summed E-state index contributed by atoms with van der Waals surface area (Å²) in [6.07, 6.45) is 0.917. The third-order valence-corrected chi connectivity index (χ3v) is 3.19. The minimum Gasteiger partial charge on any atom is -0.233 e. The summed E-state index contributed by atoms with van der Waals surface area (Å²) in [6, 6.07) is 8.16. The average Bonchev–Trinajstić information content (AvgIpc) is 2.30. The Kier molecular flexibility index (Phi) is 4.20. The monoisotopic (exact) mass is 274 g/mol. The first-order valence-corrected chi connectivity index (χ1v) is 6.94. The van der Waals surface area contributed by atoms with Gasteiger partial charge in [-0.1, -0.05) is 43.1 Å². The Bertz CT molecular complexity index is 591. The molecule has 0 amide bonds. The molecule has 0 aliphatic carbocycles. The van der Waals surface area contributed by atoms with E-state index in [1.807, 2.05) is 6.07 Å². The highest BCUT2D eigenvalue weighted by atomic mass is 35.5. The Morgan fingerprint density at radius 2 is 1.84 bits per heavy atom. The summed E-state index contributed by atoms with van der Waals surface area (Å²) in [7, 11) is 0. The number of benzene rings is 1. The van der Waals surface area contributed by atoms with Crippen LogP contribution < -0.4 is 0 Å². The molecule has 0 atom stereocenters. The number of halogens is 1. The molecule has 3 heteroatoms. The van der Waals surface area contributed by atoms with Crippen molar-refractivity contribution in [1.29, 1.82) is 0 Å². The molecule has 2 rings (SSSR count). The molecule has 0 N–H and O–H groups in total. The molecule has 0 bridgehead atoms. The predicted octanol–water partition coefficient (Wildman–Crippen LogP) is 4.61. The fourth-order valence-corrected chi connectivity index (χ4v) is 2.29. The summed E-state index contributed by atoms with van der Waals surface area (Å²) >= 11 is 6.12. The predicted molar refractivity (Wildman–Crippen MR) is 80.5 cm³/mol. The van der Waals surface area contributed by atoms with E-state index < -0.39 is 0 Å². The van der Waals surface area contributed by atoms with E-state index in [4.69, 9.17) is 11.6 Å². The zero-order chi connectivity index (χ0) is 14.0. The van der Waals surface area contributed by atoms with Crippen molar-refractivity contribution in [3.05, 3.63) is 46.2 Å². The summed E-state index contributed by atoms with van der Waals surface area (Å²) in [5.74, 6) is 1.28. The largest absolute Gasteiger partial charge is 0.233 e. The number of aromatic nitrogens is 2. The van der Waals surface area contributed by atoms with Gasteiger partial charge in [-0.2, -0.15) is 0 Å². The van der Waals surface area contributed by atoms with Gasteiger partial charge in [0.05, 0.1) is 0 Å². The van der Waals surface area contributed by atoms with Crippen molar-refractivity contribution in [1.82, 2.24) is 9.97 Å². The number of rotatable bonds is 3. The molecule has 100 valence electrons. The lowest BCUT2D eigenvalue weighted by Gasteiger charge is -2.09. The van der Waals surface area contributed by atoms with Gasteiger partial charge >= 0.3 is 0 Å². The highest BCUT2D eigenvalue weighted by Crippen LogP contribution is 2.23. The van der Waals surface area contributed by atoms with Crippen LogP contribution in [0.4, 0.5) is 0 Å². The van der Waals surface area contributed by atoms with Gasteiger partial charge in [0, 0.05) is 11.3 Å². The van der Waals surface area contributed by atoms with E-state index in [1.165, 1.54) is 11.1 Å². The summed E-state index contributed by atoms with van der Waals surface area (Å²) < 4.78 is 0. The standard InChI is InChI=1S/C16H19ClN2/c1-10(2)7-13-9-15(17)19-16(18-13)14-8-11(3)5-6-12(14)4/h5-6,8-10H,7H2,1-4H3. The van der Waals surface area contributed by atoms with Crippen molar-refractivity contribution < 1.29 is 0 Å². The molecule has 1 aromatic heterocycles. The Hall–Kier alpha value is -1.41. The van der Waals surface area contributed by atoms with Crippen LogP contribution in [0.2, 0.25) is 5.15 Å². The van der Waals surface area contributed by atoms with Gasteiger partial charge in [-0.05, 0) is 43.9 Å². The van der Waals surface area contributed by atoms with E-state index in [1.54, 1.807) is 0 Å².